The van der Waals surface area contributed by atoms with Crippen LogP contribution in [0, 0.1) is 11.3 Å². The number of aromatic nitrogens is 1. The maximum Gasteiger partial charge on any atom is 0.410 e. The second-order valence-electron chi connectivity index (χ2n) is 18.5. The van der Waals surface area contributed by atoms with Crippen LogP contribution in [0.15, 0.2) is 91.1 Å². The minimum absolute atomic E-state index is 0.0743. The van der Waals surface area contributed by atoms with Crippen molar-refractivity contribution in [1.29, 1.82) is 0 Å². The number of pyridine rings is 1. The van der Waals surface area contributed by atoms with E-state index in [-0.39, 0.29) is 44.0 Å². The highest BCUT2D eigenvalue weighted by atomic mass is 16.6. The summed E-state index contributed by atoms with van der Waals surface area (Å²) in [7, 11) is 1.68. The summed E-state index contributed by atoms with van der Waals surface area (Å²) in [6, 6.07) is 26.7. The van der Waals surface area contributed by atoms with Gasteiger partial charge in [-0.15, -0.1) is 0 Å². The second-order valence-corrected chi connectivity index (χ2v) is 18.5. The van der Waals surface area contributed by atoms with Gasteiger partial charge in [0.1, 0.15) is 24.6 Å². The van der Waals surface area contributed by atoms with E-state index in [2.05, 4.69) is 15.6 Å². The molecule has 2 aliphatic heterocycles. The highest BCUT2D eigenvalue weighted by Crippen LogP contribution is 2.48. The summed E-state index contributed by atoms with van der Waals surface area (Å²) in [5.74, 6) is 0.443. The van der Waals surface area contributed by atoms with Crippen LogP contribution in [0.3, 0.4) is 0 Å². The fourth-order valence-corrected chi connectivity index (χ4v) is 9.29. The monoisotopic (exact) mass is 840 g/mol. The molecule has 2 aliphatic carbocycles. The molecule has 0 unspecified atom stereocenters. The molecule has 4 aliphatic rings. The van der Waals surface area contributed by atoms with Crippen LogP contribution in [0.1, 0.15) is 86.3 Å². The fraction of sp³-hybridized carbons (Fsp3) is 0.429. The van der Waals surface area contributed by atoms with Gasteiger partial charge in [0.2, 0.25) is 17.7 Å². The molecule has 8 rings (SSSR count). The van der Waals surface area contributed by atoms with E-state index in [0.717, 1.165) is 46.2 Å². The Balaban J connectivity index is 1.02. The van der Waals surface area contributed by atoms with Gasteiger partial charge in [-0.2, -0.15) is 0 Å². The van der Waals surface area contributed by atoms with Crippen molar-refractivity contribution in [2.45, 2.75) is 96.4 Å². The maximum atomic E-state index is 15.3. The molecule has 0 radical (unpaired) electrons. The number of anilines is 2. The maximum absolute atomic E-state index is 15.3. The zero-order valence-corrected chi connectivity index (χ0v) is 36.1. The Hall–Kier alpha value is -6.24. The van der Waals surface area contributed by atoms with Crippen LogP contribution >= 0.6 is 0 Å². The second kappa shape index (κ2) is 17.3. The van der Waals surface area contributed by atoms with Gasteiger partial charge in [-0.05, 0) is 105 Å². The lowest BCUT2D eigenvalue weighted by Gasteiger charge is -2.43. The number of hydrogen-bond donors (Lipinski definition) is 2. The molecule has 62 heavy (non-hydrogen) atoms. The van der Waals surface area contributed by atoms with E-state index in [1.54, 1.807) is 23.0 Å². The zero-order chi connectivity index (χ0) is 43.6. The van der Waals surface area contributed by atoms with Crippen LogP contribution in [0.25, 0.3) is 0 Å². The Bertz CT molecular complexity index is 2350. The van der Waals surface area contributed by atoms with Crippen LogP contribution in [-0.4, -0.2) is 81.9 Å². The van der Waals surface area contributed by atoms with Crippen LogP contribution in [0.5, 0.6) is 0 Å². The number of amides is 5. The predicted molar refractivity (Wildman–Crippen MR) is 234 cm³/mol. The summed E-state index contributed by atoms with van der Waals surface area (Å²) in [6.45, 7) is 6.50. The number of carbonyl (C=O) groups is 5. The molecule has 1 saturated carbocycles. The number of piperidine rings is 1. The summed E-state index contributed by atoms with van der Waals surface area (Å²) >= 11 is 0. The molecule has 13 nitrogen and oxygen atoms in total. The minimum Gasteiger partial charge on any atom is -0.445 e. The van der Waals surface area contributed by atoms with E-state index in [0.29, 0.717) is 62.6 Å². The number of likely N-dealkylation sites (tertiary alicyclic amines) is 1. The smallest absolute Gasteiger partial charge is 0.410 e. The average molecular weight is 841 g/mol. The van der Waals surface area contributed by atoms with Gasteiger partial charge in [-0.25, -0.2) is 14.6 Å². The van der Waals surface area contributed by atoms with Gasteiger partial charge in [0.25, 0.3) is 0 Å². The summed E-state index contributed by atoms with van der Waals surface area (Å²) in [5.41, 5.74) is 3.81. The molecule has 2 N–H and O–H groups in total. The number of fused-ring (bicyclic) bond motifs is 3. The summed E-state index contributed by atoms with van der Waals surface area (Å²) in [4.78, 5) is 78.3. The average Bonchev–Trinajstić information content (AvgIpc) is 3.91. The van der Waals surface area contributed by atoms with Crippen molar-refractivity contribution in [3.63, 3.8) is 0 Å². The third-order valence-corrected chi connectivity index (χ3v) is 12.7. The van der Waals surface area contributed by atoms with Gasteiger partial charge < -0.3 is 34.8 Å². The fourth-order valence-electron chi connectivity index (χ4n) is 9.29. The molecule has 1 atom stereocenters. The molecular weight excluding hydrogens is 785 g/mol. The molecule has 2 fully saturated rings. The summed E-state index contributed by atoms with van der Waals surface area (Å²) in [5, 5.41) is 6.02. The molecule has 1 aromatic heterocycles. The highest BCUT2D eigenvalue weighted by Gasteiger charge is 2.51. The van der Waals surface area contributed by atoms with Gasteiger partial charge in [-0.3, -0.25) is 14.4 Å². The van der Waals surface area contributed by atoms with E-state index in [1.165, 1.54) is 4.90 Å². The normalized spacial score (nSPS) is 18.6. The minimum atomic E-state index is -0.783. The number of nitrogens with one attached hydrogen (secondary N) is 2. The van der Waals surface area contributed by atoms with Crippen LogP contribution in [-0.2, 0) is 61.8 Å². The Labute approximate surface area is 363 Å². The lowest BCUT2D eigenvalue weighted by Crippen LogP contribution is -2.52. The topological polar surface area (TPSA) is 150 Å². The lowest BCUT2D eigenvalue weighted by molar-refractivity contribution is -0.148. The van der Waals surface area contributed by atoms with Crippen molar-refractivity contribution >= 4 is 41.4 Å². The molecule has 4 aromatic rings. The highest BCUT2D eigenvalue weighted by molar-refractivity contribution is 6.06. The largest absolute Gasteiger partial charge is 0.445 e. The third kappa shape index (κ3) is 9.31. The van der Waals surface area contributed by atoms with Gasteiger partial charge in [0.15, 0.2) is 0 Å². The van der Waals surface area contributed by atoms with Gasteiger partial charge in [0, 0.05) is 50.7 Å². The van der Waals surface area contributed by atoms with Crippen molar-refractivity contribution in [3.8, 4) is 0 Å². The zero-order valence-electron chi connectivity index (χ0n) is 36.1. The number of benzene rings is 3. The van der Waals surface area contributed by atoms with Crippen LogP contribution < -0.4 is 10.6 Å². The van der Waals surface area contributed by atoms with E-state index in [4.69, 9.17) is 9.47 Å². The van der Waals surface area contributed by atoms with E-state index in [9.17, 15) is 19.2 Å². The molecule has 3 heterocycles. The van der Waals surface area contributed by atoms with Crippen molar-refractivity contribution in [3.05, 3.63) is 125 Å². The van der Waals surface area contributed by atoms with Crippen LogP contribution in [0.2, 0.25) is 0 Å². The first-order valence-electron chi connectivity index (χ1n) is 21.6. The quantitative estimate of drug-likeness (QED) is 0.148. The van der Waals surface area contributed by atoms with Crippen molar-refractivity contribution in [1.82, 2.24) is 19.7 Å². The third-order valence-electron chi connectivity index (χ3n) is 12.7. The number of ether oxygens (including phenoxy) is 2. The molecular formula is C49H56N6O7. The first-order chi connectivity index (χ1) is 29.7. The van der Waals surface area contributed by atoms with E-state index >= 15 is 4.79 Å². The van der Waals surface area contributed by atoms with Gasteiger partial charge in [0.05, 0.1) is 10.8 Å². The molecule has 1 saturated heterocycles. The molecule has 0 bridgehead atoms. The van der Waals surface area contributed by atoms with Crippen molar-refractivity contribution < 1.29 is 33.4 Å². The molecule has 324 valence electrons. The number of nitrogens with zero attached hydrogens (tertiary/aromatic N) is 4. The van der Waals surface area contributed by atoms with Crippen LogP contribution in [0.4, 0.5) is 21.1 Å². The Morgan fingerprint density at radius 1 is 0.887 bits per heavy atom. The summed E-state index contributed by atoms with van der Waals surface area (Å²) < 4.78 is 11.3. The number of rotatable bonds is 12. The van der Waals surface area contributed by atoms with Crippen molar-refractivity contribution in [2.75, 3.05) is 37.3 Å². The lowest BCUT2D eigenvalue weighted by atomic mass is 9.73. The Morgan fingerprint density at radius 3 is 2.29 bits per heavy atom. The first-order valence-corrected chi connectivity index (χ1v) is 21.6. The van der Waals surface area contributed by atoms with Crippen molar-refractivity contribution in [2.24, 2.45) is 11.3 Å². The Morgan fingerprint density at radius 2 is 1.58 bits per heavy atom. The first kappa shape index (κ1) is 42.5. The predicted octanol–water partition coefficient (Wildman–Crippen LogP) is 7.62. The summed E-state index contributed by atoms with van der Waals surface area (Å²) in [6.07, 6.45) is 5.48. The standard InChI is InChI=1S/C49H56N6O7/c1-47(2,3)62-45(59)53(4)29-36-13-8-9-14-37(36)30-55(44(58)48(26-33-16-17-33)20-23-54(24-21-48)46(60)61-32-34-11-6-5-7-12-34)31-41(56)51-39-19-18-35-27-49(28-38(35)25-39)40-15-10-22-50-42(40)52-43(49)57/h5-15,18-19,22,25,33H,16-17,20-21,23-24,26-32H2,1-4H3,(H,51,56)(H,50,52,57)/t49-/m1/s1. The molecule has 1 spiro atoms. The van der Waals surface area contributed by atoms with Gasteiger partial charge >= 0.3 is 12.2 Å². The Kier molecular flexibility index (Phi) is 11.8. The molecule has 13 heteroatoms. The SMILES string of the molecule is CN(Cc1ccccc1CN(CC(=O)Nc1ccc2c(c1)C[C@@]1(C2)C(=O)Nc2ncccc21)C(=O)C1(CC2CC2)CCN(C(=O)OCc2ccccc2)CC1)C(=O)OC(C)(C)C. The van der Waals surface area contributed by atoms with E-state index in [1.807, 2.05) is 106 Å². The molecule has 3 aromatic carbocycles. The van der Waals surface area contributed by atoms with Gasteiger partial charge in [-0.1, -0.05) is 79.6 Å². The number of carbonyl (C=O) groups excluding carboxylic acids is 5. The number of hydrogen-bond acceptors (Lipinski definition) is 8. The molecule has 5 amide bonds. The van der Waals surface area contributed by atoms with E-state index < -0.39 is 28.6 Å².